The third-order valence-electron chi connectivity index (χ3n) is 4.98. The Morgan fingerprint density at radius 1 is 1.18 bits per heavy atom. The number of carbonyl (C=O) groups is 1. The third-order valence-corrected chi connectivity index (χ3v) is 5.83. The lowest BCUT2D eigenvalue weighted by Gasteiger charge is -2.44. The molecule has 0 saturated carbocycles. The molecule has 0 N–H and O–H groups in total. The molecular weight excluding hydrogens is 447 g/mol. The maximum absolute atomic E-state index is 13.1. The van der Waals surface area contributed by atoms with Crippen molar-refractivity contribution < 1.29 is 13.9 Å². The molecule has 0 aromatic heterocycles. The van der Waals surface area contributed by atoms with E-state index in [9.17, 15) is 9.18 Å². The van der Waals surface area contributed by atoms with Crippen LogP contribution < -0.4 is 4.74 Å². The summed E-state index contributed by atoms with van der Waals surface area (Å²) in [6, 6.07) is 12.1. The zero-order valence-corrected chi connectivity index (χ0v) is 18.2. The van der Waals surface area contributed by atoms with Gasteiger partial charge in [0.1, 0.15) is 11.6 Å². The van der Waals surface area contributed by atoms with Gasteiger partial charge >= 0.3 is 0 Å². The molecule has 3 rings (SSSR count). The zero-order chi connectivity index (χ0) is 20.3. The first-order valence-corrected chi connectivity index (χ1v) is 10.4. The van der Waals surface area contributed by atoms with Crippen LogP contribution in [0.15, 0.2) is 46.9 Å². The fraction of sp³-hybridized carbons (Fsp3) is 0.381. The Morgan fingerprint density at radius 3 is 2.57 bits per heavy atom. The van der Waals surface area contributed by atoms with E-state index in [0.29, 0.717) is 17.3 Å². The number of rotatable bonds is 5. The number of carbonyl (C=O) groups excluding carboxylic acids is 1. The van der Waals surface area contributed by atoms with Crippen molar-refractivity contribution in [3.05, 3.63) is 63.3 Å². The predicted molar refractivity (Wildman–Crippen MR) is 112 cm³/mol. The minimum Gasteiger partial charge on any atom is -0.483 e. The molecule has 150 valence electrons. The van der Waals surface area contributed by atoms with Gasteiger partial charge in [0, 0.05) is 36.7 Å². The van der Waals surface area contributed by atoms with Gasteiger partial charge < -0.3 is 9.64 Å². The minimum absolute atomic E-state index is 0.0186. The molecule has 2 aromatic carbocycles. The number of amides is 1. The van der Waals surface area contributed by atoms with Crippen LogP contribution in [0.25, 0.3) is 0 Å². The number of hydrogen-bond acceptors (Lipinski definition) is 3. The van der Waals surface area contributed by atoms with Crippen LogP contribution in [0.1, 0.15) is 19.4 Å². The molecular formula is C21H23BrClFN2O2. The zero-order valence-electron chi connectivity index (χ0n) is 15.9. The van der Waals surface area contributed by atoms with Crippen molar-refractivity contribution in [3.63, 3.8) is 0 Å². The van der Waals surface area contributed by atoms with Gasteiger partial charge in [-0.3, -0.25) is 9.69 Å². The van der Waals surface area contributed by atoms with Crippen molar-refractivity contribution >= 4 is 33.4 Å². The first-order valence-electron chi connectivity index (χ1n) is 9.19. The second kappa shape index (κ2) is 9.25. The van der Waals surface area contributed by atoms with Gasteiger partial charge in [-0.1, -0.05) is 23.7 Å². The fourth-order valence-corrected chi connectivity index (χ4v) is 4.20. The van der Waals surface area contributed by atoms with Crippen LogP contribution in [0.2, 0.25) is 5.02 Å². The highest BCUT2D eigenvalue weighted by molar-refractivity contribution is 9.10. The Labute approximate surface area is 178 Å². The van der Waals surface area contributed by atoms with Gasteiger partial charge in [-0.15, -0.1) is 0 Å². The van der Waals surface area contributed by atoms with Gasteiger partial charge in [-0.25, -0.2) is 4.39 Å². The van der Waals surface area contributed by atoms with Crippen molar-refractivity contribution in [2.45, 2.75) is 32.5 Å². The van der Waals surface area contributed by atoms with Gasteiger partial charge in [0.05, 0.1) is 4.47 Å². The molecule has 1 aliphatic rings. The highest BCUT2D eigenvalue weighted by Gasteiger charge is 2.32. The Bertz CT molecular complexity index is 834. The van der Waals surface area contributed by atoms with E-state index in [1.54, 1.807) is 18.2 Å². The Kier molecular flexibility index (Phi) is 6.96. The molecule has 0 spiro atoms. The van der Waals surface area contributed by atoms with E-state index in [1.165, 1.54) is 12.1 Å². The van der Waals surface area contributed by atoms with E-state index in [4.69, 9.17) is 16.3 Å². The molecule has 7 heteroatoms. The SMILES string of the molecule is C[C@@H]1CN(Cc2ccc(F)cc2)[C@@H](C)CN1C(=O)COc1ccc(Cl)cc1Br. The van der Waals surface area contributed by atoms with E-state index in [-0.39, 0.29) is 30.4 Å². The average molecular weight is 470 g/mol. The monoisotopic (exact) mass is 468 g/mol. The van der Waals surface area contributed by atoms with Crippen molar-refractivity contribution in [1.82, 2.24) is 9.80 Å². The van der Waals surface area contributed by atoms with Gasteiger partial charge in [0.15, 0.2) is 6.61 Å². The van der Waals surface area contributed by atoms with E-state index < -0.39 is 0 Å². The van der Waals surface area contributed by atoms with E-state index in [1.807, 2.05) is 24.0 Å². The molecule has 0 unspecified atom stereocenters. The highest BCUT2D eigenvalue weighted by atomic mass is 79.9. The van der Waals surface area contributed by atoms with Crippen molar-refractivity contribution in [3.8, 4) is 5.75 Å². The summed E-state index contributed by atoms with van der Waals surface area (Å²) in [5.74, 6) is 0.323. The molecule has 0 aliphatic carbocycles. The van der Waals surface area contributed by atoms with Gasteiger partial charge in [0.25, 0.3) is 5.91 Å². The van der Waals surface area contributed by atoms with Crippen LogP contribution in [0.4, 0.5) is 4.39 Å². The van der Waals surface area contributed by atoms with Crippen LogP contribution in [0.5, 0.6) is 5.75 Å². The lowest BCUT2D eigenvalue weighted by Crippen LogP contribution is -2.58. The maximum atomic E-state index is 13.1. The molecule has 1 fully saturated rings. The molecule has 1 amide bonds. The summed E-state index contributed by atoms with van der Waals surface area (Å²) in [6.07, 6.45) is 0. The third kappa shape index (κ3) is 5.25. The van der Waals surface area contributed by atoms with Crippen molar-refractivity contribution in [2.24, 2.45) is 0 Å². The van der Waals surface area contributed by atoms with Crippen LogP contribution in [0.3, 0.4) is 0 Å². The van der Waals surface area contributed by atoms with Gasteiger partial charge in [0.2, 0.25) is 0 Å². The lowest BCUT2D eigenvalue weighted by molar-refractivity contribution is -0.139. The van der Waals surface area contributed by atoms with E-state index in [2.05, 4.69) is 27.8 Å². The normalized spacial score (nSPS) is 20.2. The van der Waals surface area contributed by atoms with Crippen LogP contribution in [0, 0.1) is 5.82 Å². The number of hydrogen-bond donors (Lipinski definition) is 0. The Morgan fingerprint density at radius 2 is 1.89 bits per heavy atom. The molecule has 4 nitrogen and oxygen atoms in total. The maximum Gasteiger partial charge on any atom is 0.260 e. The molecule has 1 aliphatic heterocycles. The van der Waals surface area contributed by atoms with Crippen molar-refractivity contribution in [2.75, 3.05) is 19.7 Å². The number of benzene rings is 2. The summed E-state index contributed by atoms with van der Waals surface area (Å²) in [5.41, 5.74) is 1.07. The van der Waals surface area contributed by atoms with E-state index in [0.717, 1.165) is 23.1 Å². The summed E-state index contributed by atoms with van der Waals surface area (Å²) in [5, 5.41) is 0.602. The largest absolute Gasteiger partial charge is 0.483 e. The summed E-state index contributed by atoms with van der Waals surface area (Å²) in [6.45, 7) is 6.25. The number of piperazine rings is 1. The molecule has 1 saturated heterocycles. The first-order chi connectivity index (χ1) is 13.3. The lowest BCUT2D eigenvalue weighted by atomic mass is 10.1. The van der Waals surface area contributed by atoms with Crippen LogP contribution in [-0.2, 0) is 11.3 Å². The predicted octanol–water partition coefficient (Wildman–Crippen LogP) is 4.74. The quantitative estimate of drug-likeness (QED) is 0.634. The highest BCUT2D eigenvalue weighted by Crippen LogP contribution is 2.28. The minimum atomic E-state index is -0.229. The molecule has 2 aromatic rings. The number of nitrogens with zero attached hydrogens (tertiary/aromatic N) is 2. The van der Waals surface area contributed by atoms with Crippen LogP contribution in [-0.4, -0.2) is 47.5 Å². The van der Waals surface area contributed by atoms with Gasteiger partial charge in [-0.05, 0) is 65.7 Å². The topological polar surface area (TPSA) is 32.8 Å². The standard InChI is InChI=1S/C21H23BrClFN2O2/c1-14-11-26(21(27)13-28-20-8-5-17(23)9-19(20)22)15(2)10-25(14)12-16-3-6-18(24)7-4-16/h3-9,14-15H,10-13H2,1-2H3/t14-,15+/m0/s1. The summed E-state index contributed by atoms with van der Waals surface area (Å²) in [7, 11) is 0. The van der Waals surface area contributed by atoms with Crippen molar-refractivity contribution in [1.29, 1.82) is 0 Å². The smallest absolute Gasteiger partial charge is 0.260 e. The second-order valence-corrected chi connectivity index (χ2v) is 8.45. The summed E-state index contributed by atoms with van der Waals surface area (Å²) in [4.78, 5) is 16.9. The average Bonchev–Trinajstić information content (AvgIpc) is 2.65. The molecule has 0 bridgehead atoms. The van der Waals surface area contributed by atoms with E-state index >= 15 is 0 Å². The van der Waals surface area contributed by atoms with Gasteiger partial charge in [-0.2, -0.15) is 0 Å². The first kappa shape index (κ1) is 21.1. The molecule has 0 radical (unpaired) electrons. The molecule has 2 atom stereocenters. The van der Waals surface area contributed by atoms with Crippen LogP contribution >= 0.6 is 27.5 Å². The summed E-state index contributed by atoms with van der Waals surface area (Å²) < 4.78 is 19.5. The summed E-state index contributed by atoms with van der Waals surface area (Å²) >= 11 is 9.33. The Balaban J connectivity index is 1.57. The Hall–Kier alpha value is -1.63. The number of halogens is 3. The molecule has 1 heterocycles. The number of ether oxygens (including phenoxy) is 1. The fourth-order valence-electron chi connectivity index (χ4n) is 3.40. The molecule has 28 heavy (non-hydrogen) atoms. The second-order valence-electron chi connectivity index (χ2n) is 7.16.